The second-order valence-electron chi connectivity index (χ2n) is 7.70. The summed E-state index contributed by atoms with van der Waals surface area (Å²) in [6.45, 7) is 3.59. The molecule has 0 unspecified atom stereocenters. The Hall–Kier alpha value is -2.41. The van der Waals surface area contributed by atoms with Crippen LogP contribution in [0.15, 0.2) is 59.5 Å². The van der Waals surface area contributed by atoms with Crippen LogP contribution in [-0.2, 0) is 20.7 Å². The Kier molecular flexibility index (Phi) is 6.06. The van der Waals surface area contributed by atoms with E-state index < -0.39 is 22.0 Å². The number of hydrogen-bond donors (Lipinski definition) is 0. The predicted octanol–water partition coefficient (Wildman–Crippen LogP) is 5.86. The van der Waals surface area contributed by atoms with Gasteiger partial charge in [0.05, 0.1) is 10.5 Å². The summed E-state index contributed by atoms with van der Waals surface area (Å²) in [4.78, 5) is 0.0952. The Bertz CT molecular complexity index is 1220. The topological polar surface area (TPSA) is 52.6 Å². The van der Waals surface area contributed by atoms with Gasteiger partial charge in [0.15, 0.2) is 0 Å². The van der Waals surface area contributed by atoms with Gasteiger partial charge in [0.1, 0.15) is 24.3 Å². The number of hydrogen-bond acceptors (Lipinski definition) is 4. The van der Waals surface area contributed by atoms with Crippen molar-refractivity contribution >= 4 is 21.7 Å². The molecule has 0 radical (unpaired) electrons. The zero-order valence-corrected chi connectivity index (χ0v) is 18.8. The zero-order valence-electron chi connectivity index (χ0n) is 17.2. The lowest BCUT2D eigenvalue weighted by Gasteiger charge is -2.28. The van der Waals surface area contributed by atoms with Crippen LogP contribution in [0.4, 0.5) is 4.39 Å². The molecule has 0 aliphatic carbocycles. The van der Waals surface area contributed by atoms with E-state index in [1.54, 1.807) is 36.4 Å². The fourth-order valence-electron chi connectivity index (χ4n) is 3.69. The monoisotopic (exact) mass is 460 g/mol. The van der Waals surface area contributed by atoms with Gasteiger partial charge in [-0.1, -0.05) is 41.4 Å². The van der Waals surface area contributed by atoms with Crippen molar-refractivity contribution in [2.45, 2.75) is 37.7 Å². The maximum Gasteiger partial charge on any atom is 0.297 e. The molecule has 0 saturated heterocycles. The molecule has 162 valence electrons. The lowest BCUT2D eigenvalue weighted by molar-refractivity contribution is 0.113. The van der Waals surface area contributed by atoms with E-state index in [1.807, 2.05) is 13.8 Å². The minimum absolute atomic E-state index is 0.0952. The van der Waals surface area contributed by atoms with Crippen molar-refractivity contribution in [1.82, 2.24) is 0 Å². The van der Waals surface area contributed by atoms with E-state index in [9.17, 15) is 12.8 Å². The van der Waals surface area contributed by atoms with E-state index in [1.165, 1.54) is 18.2 Å². The van der Waals surface area contributed by atoms with Gasteiger partial charge < -0.3 is 4.74 Å². The van der Waals surface area contributed by atoms with Crippen LogP contribution in [0.5, 0.6) is 5.75 Å². The average molecular weight is 461 g/mol. The number of fused-ring (bicyclic) bond motifs is 1. The van der Waals surface area contributed by atoms with Crippen molar-refractivity contribution in [2.75, 3.05) is 6.61 Å². The minimum atomic E-state index is -3.90. The Morgan fingerprint density at radius 1 is 1.10 bits per heavy atom. The summed E-state index contributed by atoms with van der Waals surface area (Å²) in [5.74, 6) is 0.0241. The van der Waals surface area contributed by atoms with Crippen molar-refractivity contribution in [1.29, 1.82) is 0 Å². The maximum atomic E-state index is 14.9. The summed E-state index contributed by atoms with van der Waals surface area (Å²) in [6.07, 6.45) is 0.690. The molecule has 0 aromatic heterocycles. The van der Waals surface area contributed by atoms with Crippen LogP contribution in [0.1, 0.15) is 23.1 Å². The average Bonchev–Trinajstić information content (AvgIpc) is 2.73. The van der Waals surface area contributed by atoms with Gasteiger partial charge in [-0.2, -0.15) is 8.42 Å². The molecular weight excluding hydrogens is 439 g/mol. The predicted molar refractivity (Wildman–Crippen MR) is 119 cm³/mol. The molecule has 1 aliphatic heterocycles. The SMILES string of the molecule is Cc1ccc(S(=O)(=O)OC[C@H]2CCc3ccc(F)c(-c4ccc(Cl)cc4C)c3O2)cc1. The fourth-order valence-corrected chi connectivity index (χ4v) is 4.85. The van der Waals surface area contributed by atoms with Crippen LogP contribution < -0.4 is 4.74 Å². The van der Waals surface area contributed by atoms with Crippen molar-refractivity contribution in [2.24, 2.45) is 0 Å². The van der Waals surface area contributed by atoms with Crippen LogP contribution in [0.25, 0.3) is 11.1 Å². The third-order valence-electron chi connectivity index (χ3n) is 5.39. The van der Waals surface area contributed by atoms with Gasteiger partial charge in [-0.15, -0.1) is 0 Å². The first-order valence-electron chi connectivity index (χ1n) is 9.95. The van der Waals surface area contributed by atoms with E-state index in [0.717, 1.165) is 16.7 Å². The number of benzene rings is 3. The molecule has 0 N–H and O–H groups in total. The molecule has 4 rings (SSSR count). The van der Waals surface area contributed by atoms with Gasteiger partial charge in [-0.3, -0.25) is 4.18 Å². The van der Waals surface area contributed by atoms with Crippen LogP contribution in [-0.4, -0.2) is 21.1 Å². The van der Waals surface area contributed by atoms with Crippen molar-refractivity contribution in [3.63, 3.8) is 0 Å². The molecule has 1 heterocycles. The number of ether oxygens (including phenoxy) is 1. The third kappa shape index (κ3) is 4.61. The van der Waals surface area contributed by atoms with Crippen molar-refractivity contribution < 1.29 is 21.7 Å². The standard InChI is InChI=1S/C24H22ClFO4S/c1-15-3-9-20(10-4-15)31(27,28)29-14-19-8-5-17-6-12-22(26)23(24(17)30-19)21-11-7-18(25)13-16(21)2/h3-4,6-7,9-13,19H,5,8,14H2,1-2H3/t19-/m1/s1. The number of rotatable bonds is 5. The first-order chi connectivity index (χ1) is 14.7. The molecular formula is C24H22ClFO4S. The molecule has 1 aliphatic rings. The maximum absolute atomic E-state index is 14.9. The summed E-state index contributed by atoms with van der Waals surface area (Å²) in [5.41, 5.74) is 3.70. The molecule has 0 fully saturated rings. The molecule has 0 bridgehead atoms. The van der Waals surface area contributed by atoms with E-state index in [0.29, 0.717) is 34.7 Å². The summed E-state index contributed by atoms with van der Waals surface area (Å²) in [5, 5.41) is 0.569. The lowest BCUT2D eigenvalue weighted by atomic mass is 9.93. The molecule has 0 amide bonds. The largest absolute Gasteiger partial charge is 0.487 e. The second-order valence-corrected chi connectivity index (χ2v) is 9.75. The van der Waals surface area contributed by atoms with E-state index in [2.05, 4.69) is 0 Å². The summed E-state index contributed by atoms with van der Waals surface area (Å²) in [6, 6.07) is 14.8. The Morgan fingerprint density at radius 2 is 1.84 bits per heavy atom. The summed E-state index contributed by atoms with van der Waals surface area (Å²) < 4.78 is 51.2. The zero-order chi connectivity index (χ0) is 22.2. The summed E-state index contributed by atoms with van der Waals surface area (Å²) in [7, 11) is -3.90. The van der Waals surface area contributed by atoms with Gasteiger partial charge in [0.25, 0.3) is 10.1 Å². The molecule has 1 atom stereocenters. The highest BCUT2D eigenvalue weighted by Gasteiger charge is 2.28. The molecule has 0 spiro atoms. The molecule has 31 heavy (non-hydrogen) atoms. The van der Waals surface area contributed by atoms with Gasteiger partial charge in [0, 0.05) is 5.02 Å². The van der Waals surface area contributed by atoms with Gasteiger partial charge in [0.2, 0.25) is 0 Å². The molecule has 3 aromatic carbocycles. The van der Waals surface area contributed by atoms with Crippen LogP contribution in [0.2, 0.25) is 5.02 Å². The number of aryl methyl sites for hydroxylation is 3. The first-order valence-corrected chi connectivity index (χ1v) is 11.7. The quantitative estimate of drug-likeness (QED) is 0.447. The van der Waals surface area contributed by atoms with Gasteiger partial charge in [-0.05, 0) is 73.7 Å². The van der Waals surface area contributed by atoms with Crippen molar-refractivity contribution in [3.8, 4) is 16.9 Å². The van der Waals surface area contributed by atoms with Crippen LogP contribution in [0, 0.1) is 19.7 Å². The highest BCUT2D eigenvalue weighted by molar-refractivity contribution is 7.86. The second kappa shape index (κ2) is 8.61. The lowest BCUT2D eigenvalue weighted by Crippen LogP contribution is -2.29. The van der Waals surface area contributed by atoms with Crippen LogP contribution >= 0.6 is 11.6 Å². The fraction of sp³-hybridized carbons (Fsp3) is 0.250. The van der Waals surface area contributed by atoms with E-state index in [-0.39, 0.29) is 11.5 Å². The van der Waals surface area contributed by atoms with Crippen LogP contribution in [0.3, 0.4) is 0 Å². The molecule has 0 saturated carbocycles. The Morgan fingerprint density at radius 3 is 2.55 bits per heavy atom. The molecule has 3 aromatic rings. The van der Waals surface area contributed by atoms with E-state index >= 15 is 0 Å². The normalized spacial score (nSPS) is 15.9. The first kappa shape index (κ1) is 21.8. The van der Waals surface area contributed by atoms with Gasteiger partial charge in [-0.25, -0.2) is 4.39 Å². The summed E-state index contributed by atoms with van der Waals surface area (Å²) >= 11 is 6.06. The van der Waals surface area contributed by atoms with Gasteiger partial charge >= 0.3 is 0 Å². The van der Waals surface area contributed by atoms with E-state index in [4.69, 9.17) is 20.5 Å². The third-order valence-corrected chi connectivity index (χ3v) is 6.92. The molecule has 4 nitrogen and oxygen atoms in total. The highest BCUT2D eigenvalue weighted by Crippen LogP contribution is 2.41. The smallest absolute Gasteiger partial charge is 0.297 e. The van der Waals surface area contributed by atoms with Crippen molar-refractivity contribution in [3.05, 3.63) is 82.1 Å². The Labute approximate surface area is 186 Å². The molecule has 7 heteroatoms. The number of halogens is 2. The Balaban J connectivity index is 1.58. The minimum Gasteiger partial charge on any atom is -0.487 e. The highest BCUT2D eigenvalue weighted by atomic mass is 35.5.